The maximum absolute atomic E-state index is 13.9. The normalized spacial score (nSPS) is 18.6. The van der Waals surface area contributed by atoms with Crippen molar-refractivity contribution in [3.05, 3.63) is 65.5 Å². The number of carbonyl (C=O) groups is 1. The summed E-state index contributed by atoms with van der Waals surface area (Å²) in [5, 5.41) is 0. The first-order chi connectivity index (χ1) is 14.2. The lowest BCUT2D eigenvalue weighted by molar-refractivity contribution is 0.0761. The van der Waals surface area contributed by atoms with Crippen LogP contribution in [0.1, 0.15) is 48.0 Å². The highest BCUT2D eigenvalue weighted by molar-refractivity contribution is 5.94. The fraction of sp³-hybridized carbons (Fsp3) is 0.458. The van der Waals surface area contributed by atoms with Crippen molar-refractivity contribution in [1.29, 1.82) is 0 Å². The first kappa shape index (κ1) is 19.9. The molecule has 1 aliphatic carbocycles. The predicted octanol–water partition coefficient (Wildman–Crippen LogP) is 4.50. The molecule has 2 fully saturated rings. The van der Waals surface area contributed by atoms with E-state index in [0.717, 1.165) is 44.6 Å². The summed E-state index contributed by atoms with van der Waals surface area (Å²) in [6.07, 6.45) is 5.94. The minimum absolute atomic E-state index is 0.0603. The van der Waals surface area contributed by atoms with E-state index in [4.69, 9.17) is 4.74 Å². The summed E-state index contributed by atoms with van der Waals surface area (Å²) in [6, 6.07) is 14.5. The molecule has 0 radical (unpaired) electrons. The van der Waals surface area contributed by atoms with Crippen molar-refractivity contribution in [2.24, 2.45) is 0 Å². The zero-order valence-electron chi connectivity index (χ0n) is 16.9. The molecule has 0 atom stereocenters. The lowest BCUT2D eigenvalue weighted by Crippen LogP contribution is -2.35. The molecule has 0 aromatic heterocycles. The Morgan fingerprint density at radius 3 is 2.45 bits per heavy atom. The van der Waals surface area contributed by atoms with Crippen LogP contribution in [0.5, 0.6) is 5.75 Å². The van der Waals surface area contributed by atoms with Crippen molar-refractivity contribution in [2.45, 2.75) is 44.8 Å². The molecule has 1 heterocycles. The molecular weight excluding hydrogens is 367 g/mol. The molecule has 2 aromatic rings. The maximum atomic E-state index is 13.9. The van der Waals surface area contributed by atoms with Crippen LogP contribution in [0, 0.1) is 5.82 Å². The number of hydrogen-bond donors (Lipinski definition) is 0. The van der Waals surface area contributed by atoms with Gasteiger partial charge in [-0.3, -0.25) is 9.69 Å². The first-order valence-corrected chi connectivity index (χ1v) is 10.7. The third-order valence-electron chi connectivity index (χ3n) is 5.93. The van der Waals surface area contributed by atoms with Crippen molar-refractivity contribution in [1.82, 2.24) is 9.80 Å². The maximum Gasteiger partial charge on any atom is 0.253 e. The second kappa shape index (κ2) is 9.40. The van der Waals surface area contributed by atoms with Crippen molar-refractivity contribution < 1.29 is 13.9 Å². The number of hydrogen-bond acceptors (Lipinski definition) is 3. The zero-order chi connectivity index (χ0) is 20.1. The van der Waals surface area contributed by atoms with Gasteiger partial charge in [0, 0.05) is 43.9 Å². The Kier molecular flexibility index (Phi) is 6.45. The van der Waals surface area contributed by atoms with E-state index in [1.165, 1.54) is 18.9 Å². The summed E-state index contributed by atoms with van der Waals surface area (Å²) in [5.74, 6) is 0.745. The molecule has 1 amide bonds. The molecule has 0 N–H and O–H groups in total. The Hall–Kier alpha value is -2.40. The first-order valence-electron chi connectivity index (χ1n) is 10.7. The standard InChI is InChI=1S/C24H29FN2O2/c25-23-9-4-1-6-20(23)18-26-14-5-15-27(17-16-26)24(28)19-10-12-22(13-11-19)29-21-7-2-3-8-21/h1,4,6,9-13,21H,2-3,5,7-8,14-18H2. The minimum Gasteiger partial charge on any atom is -0.490 e. The molecule has 1 saturated carbocycles. The van der Waals surface area contributed by atoms with Crippen molar-refractivity contribution in [3.63, 3.8) is 0 Å². The summed E-state index contributed by atoms with van der Waals surface area (Å²) in [6.45, 7) is 3.59. The van der Waals surface area contributed by atoms with Gasteiger partial charge in [0.15, 0.2) is 0 Å². The van der Waals surface area contributed by atoms with Gasteiger partial charge in [0.1, 0.15) is 11.6 Å². The number of halogens is 1. The molecule has 1 aliphatic heterocycles. The summed E-state index contributed by atoms with van der Waals surface area (Å²) < 4.78 is 19.9. The number of benzene rings is 2. The van der Waals surface area contributed by atoms with Gasteiger partial charge in [0.25, 0.3) is 5.91 Å². The van der Waals surface area contributed by atoms with E-state index in [2.05, 4.69) is 4.90 Å². The van der Waals surface area contributed by atoms with Gasteiger partial charge in [0.05, 0.1) is 6.10 Å². The summed E-state index contributed by atoms with van der Waals surface area (Å²) in [5.41, 5.74) is 1.41. The fourth-order valence-electron chi connectivity index (χ4n) is 4.26. The van der Waals surface area contributed by atoms with Gasteiger partial charge in [-0.25, -0.2) is 4.39 Å². The molecule has 2 aromatic carbocycles. The fourth-order valence-corrected chi connectivity index (χ4v) is 4.26. The van der Waals surface area contributed by atoms with Crippen LogP contribution in [0.3, 0.4) is 0 Å². The van der Waals surface area contributed by atoms with Gasteiger partial charge < -0.3 is 9.64 Å². The highest BCUT2D eigenvalue weighted by atomic mass is 19.1. The van der Waals surface area contributed by atoms with Crippen LogP contribution < -0.4 is 4.74 Å². The topological polar surface area (TPSA) is 32.8 Å². The smallest absolute Gasteiger partial charge is 0.253 e. The molecule has 2 aliphatic rings. The predicted molar refractivity (Wildman–Crippen MR) is 112 cm³/mol. The van der Waals surface area contributed by atoms with E-state index < -0.39 is 0 Å². The van der Waals surface area contributed by atoms with E-state index in [0.29, 0.717) is 30.3 Å². The Morgan fingerprint density at radius 2 is 1.69 bits per heavy atom. The summed E-state index contributed by atoms with van der Waals surface area (Å²) >= 11 is 0. The van der Waals surface area contributed by atoms with E-state index in [1.807, 2.05) is 41.3 Å². The molecule has 1 saturated heterocycles. The molecule has 29 heavy (non-hydrogen) atoms. The monoisotopic (exact) mass is 396 g/mol. The van der Waals surface area contributed by atoms with Gasteiger partial charge in [0.2, 0.25) is 0 Å². The van der Waals surface area contributed by atoms with E-state index in [-0.39, 0.29) is 11.7 Å². The summed E-state index contributed by atoms with van der Waals surface area (Å²) in [7, 11) is 0. The number of ether oxygens (including phenoxy) is 1. The SMILES string of the molecule is O=C(c1ccc(OC2CCCC2)cc1)N1CCCN(Cc2ccccc2F)CC1. The molecule has 0 bridgehead atoms. The van der Waals surface area contributed by atoms with Gasteiger partial charge in [-0.2, -0.15) is 0 Å². The molecular formula is C24H29FN2O2. The Bertz CT molecular complexity index is 818. The van der Waals surface area contributed by atoms with Crippen LogP contribution in [-0.2, 0) is 6.54 Å². The van der Waals surface area contributed by atoms with Crippen LogP contribution in [0.2, 0.25) is 0 Å². The Labute approximate surface area is 172 Å². The average Bonchev–Trinajstić information content (AvgIpc) is 3.14. The highest BCUT2D eigenvalue weighted by Crippen LogP contribution is 2.24. The Morgan fingerprint density at radius 1 is 0.931 bits per heavy atom. The van der Waals surface area contributed by atoms with E-state index in [1.54, 1.807) is 6.07 Å². The molecule has 0 unspecified atom stereocenters. The molecule has 154 valence electrons. The largest absolute Gasteiger partial charge is 0.490 e. The van der Waals surface area contributed by atoms with E-state index >= 15 is 0 Å². The number of carbonyl (C=O) groups excluding carboxylic acids is 1. The number of rotatable bonds is 5. The number of amides is 1. The van der Waals surface area contributed by atoms with Crippen LogP contribution in [-0.4, -0.2) is 48.0 Å². The second-order valence-corrected chi connectivity index (χ2v) is 8.06. The van der Waals surface area contributed by atoms with Crippen LogP contribution in [0.15, 0.2) is 48.5 Å². The lowest BCUT2D eigenvalue weighted by atomic mass is 10.2. The van der Waals surface area contributed by atoms with Gasteiger partial charge in [-0.15, -0.1) is 0 Å². The number of nitrogens with zero attached hydrogens (tertiary/aromatic N) is 2. The zero-order valence-corrected chi connectivity index (χ0v) is 16.9. The van der Waals surface area contributed by atoms with Gasteiger partial charge in [-0.1, -0.05) is 18.2 Å². The van der Waals surface area contributed by atoms with E-state index in [9.17, 15) is 9.18 Å². The van der Waals surface area contributed by atoms with Gasteiger partial charge >= 0.3 is 0 Å². The molecule has 4 nitrogen and oxygen atoms in total. The van der Waals surface area contributed by atoms with Crippen LogP contribution in [0.25, 0.3) is 0 Å². The minimum atomic E-state index is -0.162. The van der Waals surface area contributed by atoms with Crippen LogP contribution >= 0.6 is 0 Å². The third kappa shape index (κ3) is 5.15. The second-order valence-electron chi connectivity index (χ2n) is 8.06. The lowest BCUT2D eigenvalue weighted by Gasteiger charge is -2.22. The molecule has 5 heteroatoms. The highest BCUT2D eigenvalue weighted by Gasteiger charge is 2.21. The Balaban J connectivity index is 1.32. The van der Waals surface area contributed by atoms with Crippen molar-refractivity contribution in [3.8, 4) is 5.75 Å². The average molecular weight is 397 g/mol. The van der Waals surface area contributed by atoms with Crippen molar-refractivity contribution in [2.75, 3.05) is 26.2 Å². The molecule has 0 spiro atoms. The van der Waals surface area contributed by atoms with Gasteiger partial charge in [-0.05, 0) is 62.4 Å². The third-order valence-corrected chi connectivity index (χ3v) is 5.93. The summed E-state index contributed by atoms with van der Waals surface area (Å²) in [4.78, 5) is 17.1. The van der Waals surface area contributed by atoms with Crippen LogP contribution in [0.4, 0.5) is 4.39 Å². The van der Waals surface area contributed by atoms with Crippen molar-refractivity contribution >= 4 is 5.91 Å². The quantitative estimate of drug-likeness (QED) is 0.746. The molecule has 4 rings (SSSR count).